The fourth-order valence-electron chi connectivity index (χ4n) is 1.82. The molecule has 2 rings (SSSR count). The first kappa shape index (κ1) is 13.2. The lowest BCUT2D eigenvalue weighted by molar-refractivity contribution is 0.576. The molecule has 0 amide bonds. The Morgan fingerprint density at radius 1 is 1.16 bits per heavy atom. The zero-order valence-electron chi connectivity index (χ0n) is 10.2. The van der Waals surface area contributed by atoms with Crippen LogP contribution in [-0.4, -0.2) is 9.55 Å². The van der Waals surface area contributed by atoms with Crippen LogP contribution >= 0.6 is 0 Å². The van der Waals surface area contributed by atoms with E-state index in [1.807, 2.05) is 0 Å². The zero-order chi connectivity index (χ0) is 14.0. The molecule has 0 unspecified atom stereocenters. The highest BCUT2D eigenvalue weighted by molar-refractivity contribution is 5.18. The zero-order valence-corrected chi connectivity index (χ0v) is 10.2. The van der Waals surface area contributed by atoms with Crippen LogP contribution in [0.3, 0.4) is 0 Å². The van der Waals surface area contributed by atoms with Crippen LogP contribution in [-0.2, 0) is 13.0 Å². The van der Waals surface area contributed by atoms with E-state index in [4.69, 9.17) is 0 Å². The Balaban J connectivity index is 2.43. The third kappa shape index (κ3) is 2.96. The average Bonchev–Trinajstić information content (AvgIpc) is 2.31. The molecule has 19 heavy (non-hydrogen) atoms. The van der Waals surface area contributed by atoms with Crippen molar-refractivity contribution in [2.75, 3.05) is 0 Å². The largest absolute Gasteiger partial charge is 0.328 e. The number of aromatic amines is 1. The number of H-pyrrole nitrogens is 1. The lowest BCUT2D eigenvalue weighted by atomic mass is 10.2. The van der Waals surface area contributed by atoms with Gasteiger partial charge in [0.1, 0.15) is 11.6 Å². The molecule has 0 aliphatic rings. The van der Waals surface area contributed by atoms with Gasteiger partial charge in [-0.1, -0.05) is 6.92 Å². The van der Waals surface area contributed by atoms with Crippen molar-refractivity contribution in [3.63, 3.8) is 0 Å². The van der Waals surface area contributed by atoms with Crippen LogP contribution in [0.4, 0.5) is 8.78 Å². The Kier molecular flexibility index (Phi) is 3.59. The molecule has 0 radical (unpaired) electrons. The third-order valence-electron chi connectivity index (χ3n) is 2.74. The first-order valence-electron chi connectivity index (χ1n) is 5.77. The quantitative estimate of drug-likeness (QED) is 0.913. The van der Waals surface area contributed by atoms with Crippen molar-refractivity contribution in [3.8, 4) is 0 Å². The SMILES string of the molecule is CCc1cn(Cc2cc(F)cc(F)c2)c(=O)[nH]c1=O. The number of hydrogen-bond acceptors (Lipinski definition) is 2. The molecule has 0 aliphatic carbocycles. The number of aromatic nitrogens is 2. The van der Waals surface area contributed by atoms with Crippen molar-refractivity contribution in [3.05, 3.63) is 68.0 Å². The van der Waals surface area contributed by atoms with Crippen molar-refractivity contribution < 1.29 is 8.78 Å². The van der Waals surface area contributed by atoms with Gasteiger partial charge in [-0.2, -0.15) is 0 Å². The van der Waals surface area contributed by atoms with E-state index in [0.29, 0.717) is 17.5 Å². The lowest BCUT2D eigenvalue weighted by Crippen LogP contribution is -2.31. The molecular formula is C13H12F2N2O2. The molecule has 0 aliphatic heterocycles. The normalized spacial score (nSPS) is 10.7. The second-order valence-electron chi connectivity index (χ2n) is 4.17. The van der Waals surface area contributed by atoms with Crippen molar-refractivity contribution >= 4 is 0 Å². The molecule has 1 N–H and O–H groups in total. The van der Waals surface area contributed by atoms with Gasteiger partial charge in [-0.25, -0.2) is 13.6 Å². The third-order valence-corrected chi connectivity index (χ3v) is 2.74. The Bertz CT molecular complexity index is 699. The van der Waals surface area contributed by atoms with Crippen molar-refractivity contribution in [2.24, 2.45) is 0 Å². The smallest absolute Gasteiger partial charge is 0.296 e. The maximum Gasteiger partial charge on any atom is 0.328 e. The summed E-state index contributed by atoms with van der Waals surface area (Å²) < 4.78 is 27.3. The summed E-state index contributed by atoms with van der Waals surface area (Å²) in [5.74, 6) is -1.41. The van der Waals surface area contributed by atoms with Gasteiger partial charge in [0.25, 0.3) is 5.56 Å². The van der Waals surface area contributed by atoms with Crippen LogP contribution < -0.4 is 11.2 Å². The van der Waals surface area contributed by atoms with Gasteiger partial charge in [0.05, 0.1) is 6.54 Å². The molecule has 0 saturated heterocycles. The van der Waals surface area contributed by atoms with Crippen LogP contribution in [0.5, 0.6) is 0 Å². The summed E-state index contributed by atoms with van der Waals surface area (Å²) in [6, 6.07) is 3.05. The van der Waals surface area contributed by atoms with E-state index in [1.165, 1.54) is 10.8 Å². The van der Waals surface area contributed by atoms with E-state index in [1.54, 1.807) is 6.92 Å². The van der Waals surface area contributed by atoms with Crippen molar-refractivity contribution in [1.82, 2.24) is 9.55 Å². The van der Waals surface area contributed by atoms with E-state index < -0.39 is 22.9 Å². The maximum atomic E-state index is 13.1. The Labute approximate surface area is 107 Å². The molecule has 4 nitrogen and oxygen atoms in total. The number of hydrogen-bond donors (Lipinski definition) is 1. The summed E-state index contributed by atoms with van der Waals surface area (Å²) in [5.41, 5.74) is -0.286. The molecule has 1 aromatic carbocycles. The number of benzene rings is 1. The number of nitrogens with one attached hydrogen (secondary N) is 1. The van der Waals surface area contributed by atoms with E-state index in [0.717, 1.165) is 18.2 Å². The average molecular weight is 266 g/mol. The molecule has 1 aromatic heterocycles. The van der Waals surface area contributed by atoms with E-state index in [2.05, 4.69) is 4.98 Å². The fourth-order valence-corrected chi connectivity index (χ4v) is 1.82. The predicted molar refractivity (Wildman–Crippen MR) is 66.2 cm³/mol. The van der Waals surface area contributed by atoms with Gasteiger partial charge in [0, 0.05) is 17.8 Å². The molecule has 0 atom stereocenters. The second-order valence-corrected chi connectivity index (χ2v) is 4.17. The number of aryl methyl sites for hydroxylation is 1. The Morgan fingerprint density at radius 2 is 1.79 bits per heavy atom. The fraction of sp³-hybridized carbons (Fsp3) is 0.231. The molecule has 6 heteroatoms. The van der Waals surface area contributed by atoms with Crippen LogP contribution in [0.25, 0.3) is 0 Å². The first-order valence-corrected chi connectivity index (χ1v) is 5.77. The lowest BCUT2D eigenvalue weighted by Gasteiger charge is -2.07. The van der Waals surface area contributed by atoms with Crippen LogP contribution in [0.1, 0.15) is 18.1 Å². The van der Waals surface area contributed by atoms with Gasteiger partial charge < -0.3 is 0 Å². The summed E-state index contributed by atoms with van der Waals surface area (Å²) in [4.78, 5) is 25.2. The highest BCUT2D eigenvalue weighted by Gasteiger charge is 2.06. The monoisotopic (exact) mass is 266 g/mol. The van der Waals surface area contributed by atoms with Crippen LogP contribution in [0.15, 0.2) is 34.0 Å². The molecule has 0 spiro atoms. The Hall–Kier alpha value is -2.24. The van der Waals surface area contributed by atoms with Gasteiger partial charge in [0.15, 0.2) is 0 Å². The topological polar surface area (TPSA) is 54.9 Å². The molecule has 0 fully saturated rings. The minimum Gasteiger partial charge on any atom is -0.296 e. The summed E-state index contributed by atoms with van der Waals surface area (Å²) in [6.07, 6.45) is 1.87. The molecule has 0 bridgehead atoms. The predicted octanol–water partition coefficient (Wildman–Crippen LogP) is 1.43. The minimum atomic E-state index is -0.705. The first-order chi connectivity index (χ1) is 8.99. The van der Waals surface area contributed by atoms with E-state index >= 15 is 0 Å². The van der Waals surface area contributed by atoms with E-state index in [9.17, 15) is 18.4 Å². The number of nitrogens with zero attached hydrogens (tertiary/aromatic N) is 1. The van der Waals surface area contributed by atoms with Crippen LogP contribution in [0.2, 0.25) is 0 Å². The van der Waals surface area contributed by atoms with Crippen LogP contribution in [0, 0.1) is 11.6 Å². The summed E-state index contributed by atoms with van der Waals surface area (Å²) in [7, 11) is 0. The Morgan fingerprint density at radius 3 is 2.37 bits per heavy atom. The van der Waals surface area contributed by atoms with Gasteiger partial charge in [-0.05, 0) is 24.1 Å². The summed E-state index contributed by atoms with van der Waals surface area (Å²) >= 11 is 0. The number of rotatable bonds is 3. The summed E-state index contributed by atoms with van der Waals surface area (Å²) in [5, 5.41) is 0. The molecule has 2 aromatic rings. The van der Waals surface area contributed by atoms with Crippen molar-refractivity contribution in [1.29, 1.82) is 0 Å². The highest BCUT2D eigenvalue weighted by atomic mass is 19.1. The maximum absolute atomic E-state index is 13.1. The minimum absolute atomic E-state index is 0.00269. The van der Waals surface area contributed by atoms with Gasteiger partial charge >= 0.3 is 5.69 Å². The molecular weight excluding hydrogens is 254 g/mol. The van der Waals surface area contributed by atoms with Gasteiger partial charge in [-0.3, -0.25) is 14.3 Å². The van der Waals surface area contributed by atoms with Gasteiger partial charge in [0.2, 0.25) is 0 Å². The second kappa shape index (κ2) is 5.17. The van der Waals surface area contributed by atoms with Crippen molar-refractivity contribution in [2.45, 2.75) is 19.9 Å². The number of halogens is 2. The van der Waals surface area contributed by atoms with Gasteiger partial charge in [-0.15, -0.1) is 0 Å². The molecule has 1 heterocycles. The van der Waals surface area contributed by atoms with E-state index in [-0.39, 0.29) is 6.54 Å². The standard InChI is InChI=1S/C13H12F2N2O2/c1-2-9-7-17(13(19)16-12(9)18)6-8-3-10(14)5-11(15)4-8/h3-5,7H,2,6H2,1H3,(H,16,18,19). The molecule has 100 valence electrons. The molecule has 0 saturated carbocycles. The summed E-state index contributed by atoms with van der Waals surface area (Å²) in [6.45, 7) is 1.78. The highest BCUT2D eigenvalue weighted by Crippen LogP contribution is 2.08.